The van der Waals surface area contributed by atoms with Crippen LogP contribution in [0.4, 0.5) is 13.2 Å². The number of alkyl halides is 3. The highest BCUT2D eigenvalue weighted by Gasteiger charge is 2.33. The standard InChI is InChI=1S/C21H31F3N4O/c1-20(2,3)18-10-15-19(28(18)4)27-16(11-25-15)14-7-5-6-13(17(12-29)26-14)8-9-21(22,23)24/h10-11,13-14,17,26,29H,5-9,12H2,1-4H3/t13-,14-,17-/m0/s1. The average Bonchev–Trinajstić information content (AvgIpc) is 2.84. The van der Waals surface area contributed by atoms with Crippen LogP contribution in [0.15, 0.2) is 12.3 Å². The summed E-state index contributed by atoms with van der Waals surface area (Å²) in [4.78, 5) is 9.42. The average molecular weight is 412 g/mol. The first-order valence-electron chi connectivity index (χ1n) is 10.3. The van der Waals surface area contributed by atoms with Crippen molar-refractivity contribution in [2.75, 3.05) is 6.61 Å². The zero-order chi connectivity index (χ0) is 21.4. The SMILES string of the molecule is Cn1c(C(C)(C)C)cc2ncc([C@@H]3CCC[C@@H](CCC(F)(F)F)[C@H](CO)N3)nc21. The third-order valence-electron chi connectivity index (χ3n) is 5.93. The third-order valence-corrected chi connectivity index (χ3v) is 5.93. The number of nitrogens with one attached hydrogen (secondary N) is 1. The molecule has 0 unspecified atom stereocenters. The Morgan fingerprint density at radius 3 is 2.59 bits per heavy atom. The van der Waals surface area contributed by atoms with E-state index in [2.05, 4.69) is 41.7 Å². The van der Waals surface area contributed by atoms with Crippen LogP contribution in [-0.2, 0) is 12.5 Å². The summed E-state index contributed by atoms with van der Waals surface area (Å²) >= 11 is 0. The minimum absolute atomic E-state index is 0.0336. The normalized spacial score (nSPS) is 24.1. The molecule has 29 heavy (non-hydrogen) atoms. The second-order valence-electron chi connectivity index (χ2n) is 9.20. The molecule has 2 aromatic heterocycles. The van der Waals surface area contributed by atoms with Gasteiger partial charge in [-0.2, -0.15) is 13.2 Å². The highest BCUT2D eigenvalue weighted by molar-refractivity contribution is 5.73. The first-order valence-corrected chi connectivity index (χ1v) is 10.3. The fourth-order valence-electron chi connectivity index (χ4n) is 4.37. The van der Waals surface area contributed by atoms with E-state index < -0.39 is 12.6 Å². The van der Waals surface area contributed by atoms with E-state index in [-0.39, 0.29) is 36.4 Å². The molecular weight excluding hydrogens is 381 g/mol. The molecule has 3 rings (SSSR count). The van der Waals surface area contributed by atoms with Crippen LogP contribution in [0.25, 0.3) is 11.2 Å². The van der Waals surface area contributed by atoms with Gasteiger partial charge in [0.2, 0.25) is 0 Å². The minimum atomic E-state index is -4.17. The number of fused-ring (bicyclic) bond motifs is 1. The topological polar surface area (TPSA) is 63.0 Å². The fourth-order valence-corrected chi connectivity index (χ4v) is 4.37. The Morgan fingerprint density at radius 2 is 1.97 bits per heavy atom. The Bertz CT molecular complexity index is 841. The maximum absolute atomic E-state index is 12.7. The highest BCUT2D eigenvalue weighted by Crippen LogP contribution is 2.33. The Labute approximate surface area is 169 Å². The van der Waals surface area contributed by atoms with Gasteiger partial charge in [-0.3, -0.25) is 4.98 Å². The van der Waals surface area contributed by atoms with Crippen molar-refractivity contribution in [3.8, 4) is 0 Å². The molecule has 1 aliphatic heterocycles. The molecule has 0 aromatic carbocycles. The molecular formula is C21H31F3N4O. The third kappa shape index (κ3) is 5.09. The van der Waals surface area contributed by atoms with Gasteiger partial charge in [0.25, 0.3) is 0 Å². The van der Waals surface area contributed by atoms with Crippen molar-refractivity contribution in [1.82, 2.24) is 19.9 Å². The number of aliphatic hydroxyl groups is 1. The van der Waals surface area contributed by atoms with Crippen LogP contribution in [0.1, 0.15) is 70.3 Å². The lowest BCUT2D eigenvalue weighted by molar-refractivity contribution is -0.138. The summed E-state index contributed by atoms with van der Waals surface area (Å²) in [7, 11) is 1.98. The smallest absolute Gasteiger partial charge is 0.389 e. The van der Waals surface area contributed by atoms with Crippen LogP contribution in [0.5, 0.6) is 0 Å². The molecule has 1 fully saturated rings. The maximum atomic E-state index is 12.7. The first kappa shape index (κ1) is 22.0. The van der Waals surface area contributed by atoms with E-state index in [1.807, 2.05) is 7.05 Å². The molecule has 8 heteroatoms. The van der Waals surface area contributed by atoms with Gasteiger partial charge in [0, 0.05) is 30.6 Å². The minimum Gasteiger partial charge on any atom is -0.395 e. The van der Waals surface area contributed by atoms with Crippen molar-refractivity contribution in [2.45, 2.75) is 76.6 Å². The Hall–Kier alpha value is -1.67. The van der Waals surface area contributed by atoms with E-state index in [1.165, 1.54) is 0 Å². The maximum Gasteiger partial charge on any atom is 0.389 e. The molecule has 3 heterocycles. The summed E-state index contributed by atoms with van der Waals surface area (Å²) in [6.07, 6.45) is -0.987. The van der Waals surface area contributed by atoms with Gasteiger partial charge in [0.05, 0.1) is 24.5 Å². The number of halogens is 3. The predicted molar refractivity (Wildman–Crippen MR) is 107 cm³/mol. The quantitative estimate of drug-likeness (QED) is 0.781. The fraction of sp³-hybridized carbons (Fsp3) is 0.714. The summed E-state index contributed by atoms with van der Waals surface area (Å²) in [5.74, 6) is -0.203. The number of hydrogen-bond acceptors (Lipinski definition) is 4. The second kappa shape index (κ2) is 8.22. The molecule has 1 aliphatic rings. The van der Waals surface area contributed by atoms with Crippen molar-refractivity contribution in [3.63, 3.8) is 0 Å². The van der Waals surface area contributed by atoms with E-state index in [0.29, 0.717) is 6.42 Å². The van der Waals surface area contributed by atoms with E-state index in [9.17, 15) is 18.3 Å². The highest BCUT2D eigenvalue weighted by atomic mass is 19.4. The van der Waals surface area contributed by atoms with Crippen LogP contribution in [0, 0.1) is 5.92 Å². The van der Waals surface area contributed by atoms with Crippen molar-refractivity contribution in [3.05, 3.63) is 23.7 Å². The molecule has 0 amide bonds. The first-order chi connectivity index (χ1) is 13.5. The van der Waals surface area contributed by atoms with Gasteiger partial charge in [-0.25, -0.2) is 4.98 Å². The molecule has 1 saturated heterocycles. The lowest BCUT2D eigenvalue weighted by Crippen LogP contribution is -2.40. The molecule has 5 nitrogen and oxygen atoms in total. The Kier molecular flexibility index (Phi) is 6.24. The zero-order valence-electron chi connectivity index (χ0n) is 17.6. The number of rotatable bonds is 4. The molecule has 3 atom stereocenters. The van der Waals surface area contributed by atoms with E-state index in [1.54, 1.807) is 6.20 Å². The van der Waals surface area contributed by atoms with E-state index in [0.717, 1.165) is 35.4 Å². The number of aromatic nitrogens is 3. The van der Waals surface area contributed by atoms with E-state index >= 15 is 0 Å². The summed E-state index contributed by atoms with van der Waals surface area (Å²) in [6.45, 7) is 6.23. The predicted octanol–water partition coefficient (Wildman–Crippen LogP) is 4.40. The van der Waals surface area contributed by atoms with Crippen LogP contribution in [0.3, 0.4) is 0 Å². The van der Waals surface area contributed by atoms with Crippen molar-refractivity contribution < 1.29 is 18.3 Å². The van der Waals surface area contributed by atoms with Crippen LogP contribution < -0.4 is 5.32 Å². The van der Waals surface area contributed by atoms with Crippen molar-refractivity contribution >= 4 is 11.2 Å². The van der Waals surface area contributed by atoms with E-state index in [4.69, 9.17) is 4.98 Å². The molecule has 162 valence electrons. The Morgan fingerprint density at radius 1 is 1.24 bits per heavy atom. The van der Waals surface area contributed by atoms with Gasteiger partial charge < -0.3 is 15.0 Å². The molecule has 0 bridgehead atoms. The van der Waals surface area contributed by atoms with Crippen LogP contribution in [0.2, 0.25) is 0 Å². The van der Waals surface area contributed by atoms with Gasteiger partial charge in [0.15, 0.2) is 5.65 Å². The summed E-state index contributed by atoms with van der Waals surface area (Å²) in [6, 6.07) is 1.55. The molecule has 2 aromatic rings. The molecule has 0 radical (unpaired) electrons. The van der Waals surface area contributed by atoms with Crippen molar-refractivity contribution in [2.24, 2.45) is 13.0 Å². The van der Waals surface area contributed by atoms with Gasteiger partial charge in [-0.15, -0.1) is 0 Å². The molecule has 0 saturated carbocycles. The summed E-state index contributed by atoms with van der Waals surface area (Å²) < 4.78 is 40.0. The zero-order valence-corrected chi connectivity index (χ0v) is 17.6. The van der Waals surface area contributed by atoms with Gasteiger partial charge >= 0.3 is 6.18 Å². The van der Waals surface area contributed by atoms with Gasteiger partial charge in [0.1, 0.15) is 5.52 Å². The molecule has 0 spiro atoms. The summed E-state index contributed by atoms with van der Waals surface area (Å²) in [5.41, 5.74) is 3.50. The number of nitrogens with zero attached hydrogens (tertiary/aromatic N) is 3. The number of hydrogen-bond donors (Lipinski definition) is 2. The van der Waals surface area contributed by atoms with Crippen LogP contribution >= 0.6 is 0 Å². The number of aliphatic hydroxyl groups excluding tert-OH is 1. The van der Waals surface area contributed by atoms with Gasteiger partial charge in [-0.1, -0.05) is 27.2 Å². The number of aryl methyl sites for hydroxylation is 1. The van der Waals surface area contributed by atoms with Gasteiger partial charge in [-0.05, 0) is 31.2 Å². The largest absolute Gasteiger partial charge is 0.395 e. The van der Waals surface area contributed by atoms with Crippen LogP contribution in [-0.4, -0.2) is 38.5 Å². The Balaban J connectivity index is 1.83. The van der Waals surface area contributed by atoms with Crippen molar-refractivity contribution in [1.29, 1.82) is 0 Å². The monoisotopic (exact) mass is 412 g/mol. The second-order valence-corrected chi connectivity index (χ2v) is 9.20. The summed E-state index contributed by atoms with van der Waals surface area (Å²) in [5, 5.41) is 13.2. The molecule has 0 aliphatic carbocycles. The molecule has 2 N–H and O–H groups in total. The lowest BCUT2D eigenvalue weighted by atomic mass is 9.91. The lowest BCUT2D eigenvalue weighted by Gasteiger charge is -2.27.